The molecule has 0 atom stereocenters. The van der Waals surface area contributed by atoms with E-state index in [-0.39, 0.29) is 26.2 Å². The fraction of sp³-hybridized carbons (Fsp3) is 0. The van der Waals surface area contributed by atoms with Gasteiger partial charge in [-0.1, -0.05) is 108 Å². The van der Waals surface area contributed by atoms with Gasteiger partial charge in [0.25, 0.3) is 0 Å². The summed E-state index contributed by atoms with van der Waals surface area (Å²) in [7, 11) is 0. The van der Waals surface area contributed by atoms with Gasteiger partial charge in [0.05, 0.1) is 0 Å². The first-order valence-corrected chi connectivity index (χ1v) is 10.3. The molecule has 0 N–H and O–H groups in total. The van der Waals surface area contributed by atoms with Gasteiger partial charge in [0.1, 0.15) is 0 Å². The van der Waals surface area contributed by atoms with Crippen molar-refractivity contribution in [3.8, 4) is 22.3 Å². The number of fused-ring (bicyclic) bond motifs is 2. The maximum Gasteiger partial charge on any atom is 2.00 e. The van der Waals surface area contributed by atoms with Crippen molar-refractivity contribution in [2.75, 3.05) is 0 Å². The van der Waals surface area contributed by atoms with Crippen molar-refractivity contribution in [2.24, 2.45) is 0 Å². The van der Waals surface area contributed by atoms with E-state index in [4.69, 9.17) is 0 Å². The third-order valence-electron chi connectivity index (χ3n) is 5.45. The third-order valence-corrected chi connectivity index (χ3v) is 5.45. The fourth-order valence-corrected chi connectivity index (χ4v) is 3.90. The summed E-state index contributed by atoms with van der Waals surface area (Å²) in [6.45, 7) is 0. The second kappa shape index (κ2) is 9.86. The van der Waals surface area contributed by atoms with E-state index >= 15 is 0 Å². The molecule has 146 valence electrons. The van der Waals surface area contributed by atoms with Crippen molar-refractivity contribution in [2.45, 2.75) is 0 Å². The molecule has 0 saturated carbocycles. The van der Waals surface area contributed by atoms with Crippen molar-refractivity contribution in [1.82, 2.24) is 0 Å². The Morgan fingerprint density at radius 1 is 0.387 bits per heavy atom. The van der Waals surface area contributed by atoms with Gasteiger partial charge >= 0.3 is 26.2 Å². The minimum Gasteiger partial charge on any atom is -0.145 e. The van der Waals surface area contributed by atoms with Crippen LogP contribution >= 0.6 is 0 Å². The first-order chi connectivity index (χ1) is 14.9. The Morgan fingerprint density at radius 3 is 1.13 bits per heavy atom. The van der Waals surface area contributed by atoms with Gasteiger partial charge in [-0.05, 0) is 0 Å². The molecule has 0 aliphatic heterocycles. The van der Waals surface area contributed by atoms with E-state index in [2.05, 4.69) is 121 Å². The Bertz CT molecular complexity index is 1200. The van der Waals surface area contributed by atoms with Crippen molar-refractivity contribution >= 4 is 21.5 Å². The van der Waals surface area contributed by atoms with Crippen LogP contribution in [0.2, 0.25) is 0 Å². The van der Waals surface area contributed by atoms with Crippen molar-refractivity contribution in [1.29, 1.82) is 0 Å². The summed E-state index contributed by atoms with van der Waals surface area (Å²) >= 11 is 0. The normalized spacial score (nSPS) is 10.3. The largest absolute Gasteiger partial charge is 2.00 e. The number of hydrogen-bond donors (Lipinski definition) is 0. The van der Waals surface area contributed by atoms with Crippen LogP contribution in [0.3, 0.4) is 0 Å². The molecular formula is C30H22Zr. The molecule has 0 bridgehead atoms. The Kier molecular flexibility index (Phi) is 6.75. The van der Waals surface area contributed by atoms with E-state index < -0.39 is 0 Å². The van der Waals surface area contributed by atoms with Crippen LogP contribution < -0.4 is 0 Å². The minimum absolute atomic E-state index is 0. The molecule has 0 radical (unpaired) electrons. The predicted octanol–water partition coefficient (Wildman–Crippen LogP) is 8.45. The summed E-state index contributed by atoms with van der Waals surface area (Å²) in [6.07, 6.45) is 0. The molecule has 0 heterocycles. The average Bonchev–Trinajstić information content (AvgIpc) is 3.45. The molecule has 0 spiro atoms. The molecule has 0 saturated heterocycles. The van der Waals surface area contributed by atoms with Crippen LogP contribution in [-0.2, 0) is 26.2 Å². The van der Waals surface area contributed by atoms with Gasteiger partial charge in [0, 0.05) is 0 Å². The Labute approximate surface area is 202 Å². The van der Waals surface area contributed by atoms with Gasteiger partial charge in [0.2, 0.25) is 0 Å². The molecule has 6 rings (SSSR count). The average molecular weight is 474 g/mol. The molecule has 0 unspecified atom stereocenters. The molecule has 1 heteroatoms. The summed E-state index contributed by atoms with van der Waals surface area (Å²) in [4.78, 5) is 0. The molecule has 0 aliphatic carbocycles. The van der Waals surface area contributed by atoms with Gasteiger partial charge in [-0.3, -0.25) is 0 Å². The second-order valence-electron chi connectivity index (χ2n) is 7.48. The van der Waals surface area contributed by atoms with E-state index in [0.29, 0.717) is 0 Å². The van der Waals surface area contributed by atoms with Gasteiger partial charge in [-0.2, -0.15) is 0 Å². The van der Waals surface area contributed by atoms with Crippen LogP contribution in [0.4, 0.5) is 0 Å². The quantitative estimate of drug-likeness (QED) is 0.221. The van der Waals surface area contributed by atoms with E-state index in [1.165, 1.54) is 43.8 Å². The molecule has 31 heavy (non-hydrogen) atoms. The molecule has 0 aliphatic rings. The Balaban J connectivity index is 0.000000144. The van der Waals surface area contributed by atoms with E-state index in [0.717, 1.165) is 0 Å². The molecule has 0 aromatic heterocycles. The van der Waals surface area contributed by atoms with Crippen molar-refractivity contribution in [3.63, 3.8) is 0 Å². The van der Waals surface area contributed by atoms with Crippen molar-refractivity contribution in [3.05, 3.63) is 133 Å². The molecule has 0 amide bonds. The number of hydrogen-bond acceptors (Lipinski definition) is 0. The standard InChI is InChI=1S/2C15H11.Zr/c2*1-2-6-12(7-3-1)15-10-13-8-4-5-9-14(13)11-15;/h2*1-11H;/q2*-1;+2. The first-order valence-electron chi connectivity index (χ1n) is 10.3. The second-order valence-corrected chi connectivity index (χ2v) is 7.48. The maximum atomic E-state index is 2.24. The van der Waals surface area contributed by atoms with Gasteiger partial charge < -0.3 is 0 Å². The van der Waals surface area contributed by atoms with Crippen LogP contribution in [0, 0.1) is 0 Å². The van der Waals surface area contributed by atoms with Crippen molar-refractivity contribution < 1.29 is 26.2 Å². The minimum atomic E-state index is 0. The Morgan fingerprint density at radius 2 is 0.742 bits per heavy atom. The predicted molar refractivity (Wildman–Crippen MR) is 130 cm³/mol. The van der Waals surface area contributed by atoms with Gasteiger partial charge in [0.15, 0.2) is 0 Å². The first kappa shape index (κ1) is 21.2. The third kappa shape index (κ3) is 4.84. The van der Waals surface area contributed by atoms with Gasteiger partial charge in [-0.15, -0.1) is 69.1 Å². The zero-order valence-corrected chi connectivity index (χ0v) is 19.7. The summed E-state index contributed by atoms with van der Waals surface area (Å²) in [5.41, 5.74) is 5.18. The van der Waals surface area contributed by atoms with E-state index in [9.17, 15) is 0 Å². The molecular weight excluding hydrogens is 452 g/mol. The van der Waals surface area contributed by atoms with Crippen LogP contribution in [0.15, 0.2) is 133 Å². The van der Waals surface area contributed by atoms with Crippen LogP contribution in [-0.4, -0.2) is 0 Å². The fourth-order valence-electron chi connectivity index (χ4n) is 3.90. The Hall–Kier alpha value is -3.02. The summed E-state index contributed by atoms with van der Waals surface area (Å²) in [5.74, 6) is 0. The molecule has 0 fully saturated rings. The zero-order valence-electron chi connectivity index (χ0n) is 17.2. The van der Waals surface area contributed by atoms with E-state index in [1.807, 2.05) is 12.1 Å². The SMILES string of the molecule is [Zr+2].c1ccc(-c2cc3ccccc3[cH-]2)cc1.c1ccc(-c2cc3ccccc3[cH-]2)cc1. The topological polar surface area (TPSA) is 0 Å². The van der Waals surface area contributed by atoms with E-state index in [1.54, 1.807) is 0 Å². The monoisotopic (exact) mass is 472 g/mol. The van der Waals surface area contributed by atoms with Gasteiger partial charge in [-0.25, -0.2) is 0 Å². The summed E-state index contributed by atoms with van der Waals surface area (Å²) < 4.78 is 0. The molecule has 6 aromatic carbocycles. The number of benzene rings is 4. The smallest absolute Gasteiger partial charge is 0.145 e. The zero-order chi connectivity index (χ0) is 20.2. The molecule has 0 nitrogen and oxygen atoms in total. The summed E-state index contributed by atoms with van der Waals surface area (Å²) in [6, 6.07) is 46.9. The maximum absolute atomic E-state index is 2.24. The van der Waals surface area contributed by atoms with Crippen LogP contribution in [0.1, 0.15) is 0 Å². The molecule has 6 aromatic rings. The van der Waals surface area contributed by atoms with Crippen LogP contribution in [0.5, 0.6) is 0 Å². The number of rotatable bonds is 2. The summed E-state index contributed by atoms with van der Waals surface area (Å²) in [5, 5.41) is 5.26. The van der Waals surface area contributed by atoms with Crippen LogP contribution in [0.25, 0.3) is 43.8 Å².